The van der Waals surface area contributed by atoms with Gasteiger partial charge in [-0.05, 0) is 45.7 Å². The molecule has 0 N–H and O–H groups in total. The molecule has 7 heteroatoms. The number of benzene rings is 1. The third kappa shape index (κ3) is 4.51. The predicted molar refractivity (Wildman–Crippen MR) is 111 cm³/mol. The number of hydrogen-bond acceptors (Lipinski definition) is 4. The molecule has 0 spiro atoms. The molecule has 0 aliphatic heterocycles. The van der Waals surface area contributed by atoms with E-state index in [4.69, 9.17) is 4.74 Å². The largest absolute Gasteiger partial charge is 0.464 e. The smallest absolute Gasteiger partial charge is 0.332 e. The molecule has 0 aliphatic carbocycles. The van der Waals surface area contributed by atoms with Crippen molar-refractivity contribution in [3.63, 3.8) is 0 Å². The van der Waals surface area contributed by atoms with Crippen molar-refractivity contribution in [1.82, 2.24) is 9.13 Å². The molecule has 6 nitrogen and oxygen atoms in total. The van der Waals surface area contributed by atoms with Gasteiger partial charge < -0.3 is 4.74 Å². The number of para-hydroxylation sites is 1. The topological polar surface area (TPSA) is 70.3 Å². The average molecular weight is 439 g/mol. The van der Waals surface area contributed by atoms with Crippen molar-refractivity contribution < 1.29 is 9.53 Å². The number of nitrogens with zero attached hydrogens (tertiary/aromatic N) is 2. The van der Waals surface area contributed by atoms with Gasteiger partial charge in [0.15, 0.2) is 0 Å². The summed E-state index contributed by atoms with van der Waals surface area (Å²) in [7, 11) is 0. The normalized spacial score (nSPS) is 11.7. The van der Waals surface area contributed by atoms with Crippen LogP contribution in [0.4, 0.5) is 0 Å². The first-order valence-corrected chi connectivity index (χ1v) is 10.5. The maximum absolute atomic E-state index is 13.2. The predicted octanol–water partition coefficient (Wildman–Crippen LogP) is 3.42. The number of esters is 1. The SMILES string of the molecule is CCOC(=O)C(C)(C)n1c(=O)c2ccccc2n(CCCCCCBr)c1=O. The van der Waals surface area contributed by atoms with Gasteiger partial charge in [0.2, 0.25) is 0 Å². The third-order valence-corrected chi connectivity index (χ3v) is 5.21. The molecule has 0 bridgehead atoms. The van der Waals surface area contributed by atoms with E-state index >= 15 is 0 Å². The fourth-order valence-corrected chi connectivity index (χ4v) is 3.54. The Bertz CT molecular complexity index is 914. The zero-order chi connectivity index (χ0) is 20.0. The van der Waals surface area contributed by atoms with Gasteiger partial charge >= 0.3 is 11.7 Å². The minimum atomic E-state index is -1.38. The van der Waals surface area contributed by atoms with Crippen molar-refractivity contribution in [2.24, 2.45) is 0 Å². The van der Waals surface area contributed by atoms with Crippen molar-refractivity contribution in [3.05, 3.63) is 45.1 Å². The van der Waals surface area contributed by atoms with E-state index in [1.165, 1.54) is 0 Å². The first-order chi connectivity index (χ1) is 12.9. The number of hydrogen-bond donors (Lipinski definition) is 0. The first kappa shape index (κ1) is 21.4. The van der Waals surface area contributed by atoms with E-state index in [1.54, 1.807) is 43.5 Å². The van der Waals surface area contributed by atoms with Gasteiger partial charge in [0.05, 0.1) is 17.5 Å². The van der Waals surface area contributed by atoms with Gasteiger partial charge in [-0.15, -0.1) is 0 Å². The highest BCUT2D eigenvalue weighted by atomic mass is 79.9. The van der Waals surface area contributed by atoms with E-state index in [1.807, 2.05) is 6.07 Å². The quantitative estimate of drug-likeness (QED) is 0.341. The molecular weight excluding hydrogens is 412 g/mol. The van der Waals surface area contributed by atoms with Gasteiger partial charge in [0.1, 0.15) is 5.54 Å². The van der Waals surface area contributed by atoms with Crippen LogP contribution in [-0.2, 0) is 21.6 Å². The zero-order valence-corrected chi connectivity index (χ0v) is 17.8. The minimum Gasteiger partial charge on any atom is -0.464 e. The van der Waals surface area contributed by atoms with Crippen LogP contribution in [-0.4, -0.2) is 27.0 Å². The van der Waals surface area contributed by atoms with Crippen molar-refractivity contribution in [1.29, 1.82) is 0 Å². The monoisotopic (exact) mass is 438 g/mol. The average Bonchev–Trinajstić information content (AvgIpc) is 2.64. The second kappa shape index (κ2) is 9.35. The number of unbranched alkanes of at least 4 members (excludes halogenated alkanes) is 3. The van der Waals surface area contributed by atoms with E-state index in [2.05, 4.69) is 15.9 Å². The summed E-state index contributed by atoms with van der Waals surface area (Å²) in [6, 6.07) is 7.04. The summed E-state index contributed by atoms with van der Waals surface area (Å²) in [6.07, 6.45) is 3.98. The Morgan fingerprint density at radius 2 is 1.78 bits per heavy atom. The van der Waals surface area contributed by atoms with Crippen LogP contribution in [0.25, 0.3) is 10.9 Å². The lowest BCUT2D eigenvalue weighted by Crippen LogP contribution is -2.53. The number of aryl methyl sites for hydroxylation is 1. The molecule has 148 valence electrons. The van der Waals surface area contributed by atoms with Gasteiger partial charge in [-0.3, -0.25) is 9.36 Å². The fraction of sp³-hybridized carbons (Fsp3) is 0.550. The molecule has 0 aliphatic rings. The lowest BCUT2D eigenvalue weighted by molar-refractivity contribution is -0.152. The molecule has 0 atom stereocenters. The van der Waals surface area contributed by atoms with E-state index < -0.39 is 22.8 Å². The Balaban J connectivity index is 2.57. The van der Waals surface area contributed by atoms with Crippen molar-refractivity contribution in [2.45, 2.75) is 58.5 Å². The van der Waals surface area contributed by atoms with Crippen LogP contribution < -0.4 is 11.2 Å². The molecule has 0 unspecified atom stereocenters. The van der Waals surface area contributed by atoms with Crippen LogP contribution in [0.5, 0.6) is 0 Å². The highest BCUT2D eigenvalue weighted by molar-refractivity contribution is 9.09. The van der Waals surface area contributed by atoms with Crippen LogP contribution in [0.15, 0.2) is 33.9 Å². The molecular formula is C20H27BrN2O4. The Kier molecular flexibility index (Phi) is 7.41. The Labute approximate surface area is 167 Å². The van der Waals surface area contributed by atoms with E-state index in [0.717, 1.165) is 35.6 Å². The second-order valence-corrected chi connectivity index (χ2v) is 7.77. The van der Waals surface area contributed by atoms with Crippen LogP contribution in [0.2, 0.25) is 0 Å². The summed E-state index contributed by atoms with van der Waals surface area (Å²) < 4.78 is 7.73. The lowest BCUT2D eigenvalue weighted by Gasteiger charge is -2.26. The van der Waals surface area contributed by atoms with E-state index in [0.29, 0.717) is 17.4 Å². The Morgan fingerprint density at radius 1 is 1.11 bits per heavy atom. The van der Waals surface area contributed by atoms with Gasteiger partial charge in [-0.1, -0.05) is 40.9 Å². The molecule has 1 heterocycles. The maximum atomic E-state index is 13.2. The fourth-order valence-electron chi connectivity index (χ4n) is 3.15. The van der Waals surface area contributed by atoms with Gasteiger partial charge in [-0.25, -0.2) is 14.2 Å². The lowest BCUT2D eigenvalue weighted by atomic mass is 10.1. The summed E-state index contributed by atoms with van der Waals surface area (Å²) in [5.41, 5.74) is -1.73. The van der Waals surface area contributed by atoms with E-state index in [-0.39, 0.29) is 6.61 Å². The summed E-state index contributed by atoms with van der Waals surface area (Å²) >= 11 is 3.42. The van der Waals surface area contributed by atoms with Crippen LogP contribution in [0.3, 0.4) is 0 Å². The molecule has 27 heavy (non-hydrogen) atoms. The van der Waals surface area contributed by atoms with Gasteiger partial charge in [0, 0.05) is 11.9 Å². The highest BCUT2D eigenvalue weighted by Gasteiger charge is 2.35. The number of fused-ring (bicyclic) bond motifs is 1. The van der Waals surface area contributed by atoms with Crippen molar-refractivity contribution in [2.75, 3.05) is 11.9 Å². The highest BCUT2D eigenvalue weighted by Crippen LogP contribution is 2.16. The number of carbonyl (C=O) groups is 1. The molecule has 0 saturated heterocycles. The first-order valence-electron chi connectivity index (χ1n) is 9.34. The second-order valence-electron chi connectivity index (χ2n) is 6.97. The summed E-state index contributed by atoms with van der Waals surface area (Å²) in [5, 5.41) is 1.39. The number of ether oxygens (including phenoxy) is 1. The number of alkyl halides is 1. The van der Waals surface area contributed by atoms with Crippen LogP contribution in [0, 0.1) is 0 Å². The molecule has 2 rings (SSSR count). The third-order valence-electron chi connectivity index (χ3n) is 4.65. The molecule has 1 aromatic heterocycles. The van der Waals surface area contributed by atoms with Crippen LogP contribution >= 0.6 is 15.9 Å². The van der Waals surface area contributed by atoms with Crippen molar-refractivity contribution in [3.8, 4) is 0 Å². The van der Waals surface area contributed by atoms with E-state index in [9.17, 15) is 14.4 Å². The molecule has 0 saturated carbocycles. The Morgan fingerprint density at radius 3 is 2.44 bits per heavy atom. The van der Waals surface area contributed by atoms with Gasteiger partial charge in [0.25, 0.3) is 5.56 Å². The molecule has 0 radical (unpaired) electrons. The van der Waals surface area contributed by atoms with Crippen molar-refractivity contribution >= 4 is 32.8 Å². The maximum Gasteiger partial charge on any atom is 0.332 e. The number of rotatable bonds is 9. The molecule has 0 fully saturated rings. The van der Waals surface area contributed by atoms with Crippen LogP contribution in [0.1, 0.15) is 46.5 Å². The molecule has 2 aromatic rings. The summed E-state index contributed by atoms with van der Waals surface area (Å²) in [6.45, 7) is 5.47. The standard InChI is InChI=1S/C20H27BrN2O4/c1-4-27-18(25)20(2,3)23-17(24)15-11-7-8-12-16(15)22(19(23)26)14-10-6-5-9-13-21/h7-8,11-12H,4-6,9-10,13-14H2,1-3H3. The number of halogens is 1. The summed E-state index contributed by atoms with van der Waals surface area (Å²) in [4.78, 5) is 38.6. The molecule has 1 aromatic carbocycles. The minimum absolute atomic E-state index is 0.187. The number of aromatic nitrogens is 2. The Hall–Kier alpha value is -1.89. The van der Waals surface area contributed by atoms with Gasteiger partial charge in [-0.2, -0.15) is 0 Å². The summed E-state index contributed by atoms with van der Waals surface area (Å²) in [5.74, 6) is -0.594. The number of carbonyl (C=O) groups excluding carboxylic acids is 1. The zero-order valence-electron chi connectivity index (χ0n) is 16.2. The molecule has 0 amide bonds.